The minimum absolute atomic E-state index is 0.00903. The highest BCUT2D eigenvalue weighted by molar-refractivity contribution is 7.80. The molecule has 3 N–H and O–H groups in total. The van der Waals surface area contributed by atoms with E-state index in [9.17, 15) is 4.79 Å². The van der Waals surface area contributed by atoms with Gasteiger partial charge >= 0.3 is 6.09 Å². The second kappa shape index (κ2) is 4.57. The Morgan fingerprint density at radius 2 is 2.06 bits per heavy atom. The molecule has 0 aromatic heterocycles. The quantitative estimate of drug-likeness (QED) is 0.693. The fourth-order valence-electron chi connectivity index (χ4n) is 2.27. The molecule has 1 amide bonds. The molecular formula is C11H20N2O2S. The van der Waals surface area contributed by atoms with Gasteiger partial charge in [0.15, 0.2) is 0 Å². The second-order valence-electron chi connectivity index (χ2n) is 5.48. The van der Waals surface area contributed by atoms with Crippen LogP contribution in [0, 0.1) is 11.3 Å². The largest absolute Gasteiger partial charge is 0.465 e. The highest BCUT2D eigenvalue weighted by Gasteiger charge is 2.39. The third kappa shape index (κ3) is 2.84. The summed E-state index contributed by atoms with van der Waals surface area (Å²) in [4.78, 5) is 13.2. The smallest absolute Gasteiger partial charge is 0.407 e. The van der Waals surface area contributed by atoms with Gasteiger partial charge in [0, 0.05) is 18.5 Å². The summed E-state index contributed by atoms with van der Waals surface area (Å²) in [5.74, 6) is 0.176. The number of nitrogens with two attached hydrogens (primary N) is 1. The number of carbonyl (C=O) groups is 1. The first kappa shape index (κ1) is 13.2. The van der Waals surface area contributed by atoms with Crippen molar-refractivity contribution in [3.63, 3.8) is 0 Å². The van der Waals surface area contributed by atoms with Gasteiger partial charge in [-0.15, -0.1) is 0 Å². The van der Waals surface area contributed by atoms with E-state index in [1.165, 1.54) is 4.90 Å². The van der Waals surface area contributed by atoms with Crippen molar-refractivity contribution in [2.45, 2.75) is 39.7 Å². The van der Waals surface area contributed by atoms with Gasteiger partial charge in [-0.1, -0.05) is 33.0 Å². The first-order valence-electron chi connectivity index (χ1n) is 5.52. The molecule has 5 heteroatoms. The van der Waals surface area contributed by atoms with E-state index in [1.54, 1.807) is 0 Å². The van der Waals surface area contributed by atoms with Crippen molar-refractivity contribution >= 4 is 23.3 Å². The molecule has 0 bridgehead atoms. The number of likely N-dealkylation sites (tertiary alicyclic amines) is 1. The summed E-state index contributed by atoms with van der Waals surface area (Å²) >= 11 is 5.01. The van der Waals surface area contributed by atoms with Crippen molar-refractivity contribution in [2.24, 2.45) is 17.1 Å². The molecular weight excluding hydrogens is 224 g/mol. The zero-order valence-electron chi connectivity index (χ0n) is 10.1. The average Bonchev–Trinajstić information content (AvgIpc) is 2.15. The summed E-state index contributed by atoms with van der Waals surface area (Å²) in [6, 6.07) is -0.00903. The minimum Gasteiger partial charge on any atom is -0.465 e. The van der Waals surface area contributed by atoms with Crippen LogP contribution < -0.4 is 5.73 Å². The maximum atomic E-state index is 11.1. The maximum Gasteiger partial charge on any atom is 0.407 e. The van der Waals surface area contributed by atoms with E-state index in [-0.39, 0.29) is 17.4 Å². The molecule has 4 nitrogen and oxygen atoms in total. The van der Waals surface area contributed by atoms with Crippen LogP contribution >= 0.6 is 12.2 Å². The first-order valence-corrected chi connectivity index (χ1v) is 5.93. The molecule has 2 atom stereocenters. The van der Waals surface area contributed by atoms with Crippen molar-refractivity contribution in [1.82, 2.24) is 4.90 Å². The fourth-order valence-corrected chi connectivity index (χ4v) is 2.49. The average molecular weight is 244 g/mol. The van der Waals surface area contributed by atoms with Gasteiger partial charge in [0.05, 0.1) is 4.99 Å². The third-order valence-corrected chi connectivity index (χ3v) is 3.58. The molecule has 1 rings (SSSR count). The number of rotatable bonds is 1. The van der Waals surface area contributed by atoms with Gasteiger partial charge < -0.3 is 15.7 Å². The number of hydrogen-bond acceptors (Lipinski definition) is 2. The van der Waals surface area contributed by atoms with E-state index in [0.29, 0.717) is 11.5 Å². The van der Waals surface area contributed by atoms with E-state index in [1.807, 2.05) is 0 Å². The molecule has 2 unspecified atom stereocenters. The molecule has 1 saturated heterocycles. The van der Waals surface area contributed by atoms with Gasteiger partial charge in [0.25, 0.3) is 0 Å². The maximum absolute atomic E-state index is 11.1. The van der Waals surface area contributed by atoms with Gasteiger partial charge in [0.1, 0.15) is 0 Å². The van der Waals surface area contributed by atoms with E-state index in [2.05, 4.69) is 20.8 Å². The number of thiocarbonyl (C=S) groups is 1. The third-order valence-electron chi connectivity index (χ3n) is 3.25. The molecule has 0 spiro atoms. The minimum atomic E-state index is -0.846. The predicted octanol–water partition coefficient (Wildman–Crippen LogP) is 2.08. The van der Waals surface area contributed by atoms with Crippen molar-refractivity contribution in [3.8, 4) is 0 Å². The lowest BCUT2D eigenvalue weighted by Crippen LogP contribution is -2.53. The fraction of sp³-hybridized carbons (Fsp3) is 0.818. The van der Waals surface area contributed by atoms with E-state index < -0.39 is 6.09 Å². The van der Waals surface area contributed by atoms with Gasteiger partial charge in [-0.25, -0.2) is 4.79 Å². The van der Waals surface area contributed by atoms with Crippen LogP contribution in [0.3, 0.4) is 0 Å². The van der Waals surface area contributed by atoms with Crippen LogP contribution in [0.4, 0.5) is 4.79 Å². The summed E-state index contributed by atoms with van der Waals surface area (Å²) in [5.41, 5.74) is 5.58. The summed E-state index contributed by atoms with van der Waals surface area (Å²) in [6.07, 6.45) is 0.639. The lowest BCUT2D eigenvalue weighted by molar-refractivity contribution is 0.0511. The van der Waals surface area contributed by atoms with Gasteiger partial charge in [0.2, 0.25) is 0 Å². The van der Waals surface area contributed by atoms with Crippen molar-refractivity contribution in [1.29, 1.82) is 0 Å². The Balaban J connectivity index is 2.86. The first-order chi connectivity index (χ1) is 7.23. The highest BCUT2D eigenvalue weighted by Crippen LogP contribution is 2.34. The molecule has 0 radical (unpaired) electrons. The van der Waals surface area contributed by atoms with E-state index in [0.717, 1.165) is 12.8 Å². The zero-order chi connectivity index (χ0) is 12.5. The zero-order valence-corrected chi connectivity index (χ0v) is 10.9. The number of nitrogens with zero attached hydrogens (tertiary/aromatic N) is 1. The second-order valence-corrected chi connectivity index (χ2v) is 5.95. The molecule has 0 aliphatic carbocycles. The van der Waals surface area contributed by atoms with Crippen molar-refractivity contribution < 1.29 is 9.90 Å². The van der Waals surface area contributed by atoms with E-state index >= 15 is 0 Å². The highest BCUT2D eigenvalue weighted by atomic mass is 32.1. The number of hydrogen-bond donors (Lipinski definition) is 2. The van der Waals surface area contributed by atoms with Crippen molar-refractivity contribution in [3.05, 3.63) is 0 Å². The molecule has 16 heavy (non-hydrogen) atoms. The number of amides is 1. The van der Waals surface area contributed by atoms with Gasteiger partial charge in [-0.05, 0) is 18.3 Å². The Hall–Kier alpha value is -0.840. The van der Waals surface area contributed by atoms with E-state index in [4.69, 9.17) is 23.1 Å². The Bertz CT molecular complexity index is 299. The molecule has 1 aliphatic heterocycles. The summed E-state index contributed by atoms with van der Waals surface area (Å²) < 4.78 is 0. The standard InChI is InChI=1S/C11H20N2O2S/c1-11(2,3)8-6-7(9(12)16)4-5-13(8)10(14)15/h7-8H,4-6H2,1-3H3,(H2,12,16)(H,14,15). The monoisotopic (exact) mass is 244 g/mol. The van der Waals surface area contributed by atoms with Crippen LogP contribution in [-0.2, 0) is 0 Å². The Morgan fingerprint density at radius 1 is 1.50 bits per heavy atom. The normalized spacial score (nSPS) is 26.6. The number of carboxylic acid groups (broad SMARTS) is 1. The van der Waals surface area contributed by atoms with Gasteiger partial charge in [-0.3, -0.25) is 0 Å². The molecule has 0 aromatic rings. The molecule has 92 valence electrons. The topological polar surface area (TPSA) is 66.6 Å². The summed E-state index contributed by atoms with van der Waals surface area (Å²) in [6.45, 7) is 6.68. The molecule has 0 aromatic carbocycles. The molecule has 1 aliphatic rings. The lowest BCUT2D eigenvalue weighted by Gasteiger charge is -2.44. The molecule has 1 heterocycles. The van der Waals surface area contributed by atoms with Crippen LogP contribution in [0.2, 0.25) is 0 Å². The van der Waals surface area contributed by atoms with Gasteiger partial charge in [-0.2, -0.15) is 0 Å². The van der Waals surface area contributed by atoms with Crippen LogP contribution in [0.5, 0.6) is 0 Å². The number of piperidine rings is 1. The SMILES string of the molecule is CC(C)(C)C1CC(C(N)=S)CCN1C(=O)O. The lowest BCUT2D eigenvalue weighted by atomic mass is 9.77. The Morgan fingerprint density at radius 3 is 2.44 bits per heavy atom. The Labute approximate surface area is 102 Å². The van der Waals surface area contributed by atoms with Crippen molar-refractivity contribution in [2.75, 3.05) is 6.54 Å². The van der Waals surface area contributed by atoms with Crippen LogP contribution in [0.1, 0.15) is 33.6 Å². The van der Waals surface area contributed by atoms with Crippen LogP contribution in [-0.4, -0.2) is 33.7 Å². The summed E-state index contributed by atoms with van der Waals surface area (Å²) in [5, 5.41) is 9.16. The summed E-state index contributed by atoms with van der Waals surface area (Å²) in [7, 11) is 0. The van der Waals surface area contributed by atoms with Crippen LogP contribution in [0.15, 0.2) is 0 Å². The predicted molar refractivity (Wildman–Crippen MR) is 67.5 cm³/mol. The Kier molecular flexibility index (Phi) is 3.78. The molecule has 0 saturated carbocycles. The van der Waals surface area contributed by atoms with Crippen LogP contribution in [0.25, 0.3) is 0 Å². The molecule has 1 fully saturated rings.